The van der Waals surface area contributed by atoms with Gasteiger partial charge in [-0.15, -0.1) is 0 Å². The largest absolute Gasteiger partial charge is 0.506 e. The summed E-state index contributed by atoms with van der Waals surface area (Å²) in [6, 6.07) is 17.1. The lowest BCUT2D eigenvalue weighted by atomic mass is 10.1. The molecule has 0 spiro atoms. The highest BCUT2D eigenvalue weighted by Gasteiger charge is 2.05. The molecule has 0 saturated carbocycles. The molecule has 0 aliphatic carbocycles. The predicted octanol–water partition coefficient (Wildman–Crippen LogP) is 4.06. The van der Waals surface area contributed by atoms with Crippen LogP contribution in [-0.4, -0.2) is 20.1 Å². The highest BCUT2D eigenvalue weighted by Crippen LogP contribution is 2.27. The quantitative estimate of drug-likeness (QED) is 0.606. The summed E-state index contributed by atoms with van der Waals surface area (Å²) in [6.45, 7) is 0. The Morgan fingerprint density at radius 1 is 0.696 bits per heavy atom. The molecule has 0 bridgehead atoms. The average Bonchev–Trinajstić information content (AvgIpc) is 2.63. The zero-order chi connectivity index (χ0) is 15.6. The molecule has 110 valence electrons. The van der Waals surface area contributed by atoms with Gasteiger partial charge in [0.15, 0.2) is 0 Å². The Balaban J connectivity index is 1.73. The van der Waals surface area contributed by atoms with Crippen LogP contribution < -0.4 is 0 Å². The van der Waals surface area contributed by atoms with E-state index in [-0.39, 0.29) is 5.75 Å². The van der Waals surface area contributed by atoms with Crippen LogP contribution in [0.2, 0.25) is 0 Å². The molecular weight excluding hydrogens is 286 g/mol. The van der Waals surface area contributed by atoms with Gasteiger partial charge in [0.25, 0.3) is 0 Å². The summed E-state index contributed by atoms with van der Waals surface area (Å²) in [5, 5.41) is 10.7. The second-order valence-corrected chi connectivity index (χ2v) is 5.22. The minimum absolute atomic E-state index is 0.192. The molecule has 3 aromatic heterocycles. The van der Waals surface area contributed by atoms with E-state index in [4.69, 9.17) is 0 Å². The predicted molar refractivity (Wildman–Crippen MR) is 89.9 cm³/mol. The molecule has 0 aliphatic rings. The third kappa shape index (κ3) is 2.51. The first-order chi connectivity index (χ1) is 11.3. The fourth-order valence-electron chi connectivity index (χ4n) is 2.53. The maximum Gasteiger partial charge on any atom is 0.141 e. The molecule has 0 unspecified atom stereocenters. The van der Waals surface area contributed by atoms with E-state index in [1.165, 1.54) is 0 Å². The van der Waals surface area contributed by atoms with Crippen LogP contribution in [0.1, 0.15) is 0 Å². The van der Waals surface area contributed by atoms with Gasteiger partial charge in [-0.3, -0.25) is 15.0 Å². The SMILES string of the molecule is Oc1cccc2cc(-c3ccc(-c4ccccn4)nc3)cnc12. The van der Waals surface area contributed by atoms with Crippen LogP contribution >= 0.6 is 0 Å². The van der Waals surface area contributed by atoms with Crippen molar-refractivity contribution in [2.24, 2.45) is 0 Å². The first kappa shape index (κ1) is 13.4. The van der Waals surface area contributed by atoms with Crippen molar-refractivity contribution in [3.05, 3.63) is 73.2 Å². The third-order valence-corrected chi connectivity index (χ3v) is 3.71. The lowest BCUT2D eigenvalue weighted by molar-refractivity contribution is 0.480. The van der Waals surface area contributed by atoms with Gasteiger partial charge in [-0.25, -0.2) is 0 Å². The molecule has 3 heterocycles. The number of aromatic nitrogens is 3. The van der Waals surface area contributed by atoms with Gasteiger partial charge >= 0.3 is 0 Å². The highest BCUT2D eigenvalue weighted by molar-refractivity contribution is 5.87. The minimum Gasteiger partial charge on any atom is -0.506 e. The van der Waals surface area contributed by atoms with Gasteiger partial charge in [0, 0.05) is 35.1 Å². The van der Waals surface area contributed by atoms with Crippen molar-refractivity contribution < 1.29 is 5.11 Å². The third-order valence-electron chi connectivity index (χ3n) is 3.71. The van der Waals surface area contributed by atoms with Gasteiger partial charge in [-0.2, -0.15) is 0 Å². The zero-order valence-corrected chi connectivity index (χ0v) is 12.2. The Kier molecular flexibility index (Phi) is 3.20. The Morgan fingerprint density at radius 3 is 2.35 bits per heavy atom. The van der Waals surface area contributed by atoms with Crippen molar-refractivity contribution in [3.8, 4) is 28.3 Å². The lowest BCUT2D eigenvalue weighted by Gasteiger charge is -2.05. The number of hydrogen-bond donors (Lipinski definition) is 1. The number of phenolic OH excluding ortho intramolecular Hbond substituents is 1. The highest BCUT2D eigenvalue weighted by atomic mass is 16.3. The van der Waals surface area contributed by atoms with Gasteiger partial charge in [0.05, 0.1) is 11.4 Å². The van der Waals surface area contributed by atoms with E-state index < -0.39 is 0 Å². The number of phenols is 1. The van der Waals surface area contributed by atoms with Crippen molar-refractivity contribution >= 4 is 10.9 Å². The molecule has 1 N–H and O–H groups in total. The van der Waals surface area contributed by atoms with E-state index in [0.29, 0.717) is 5.52 Å². The monoisotopic (exact) mass is 299 g/mol. The number of pyridine rings is 3. The molecule has 0 atom stereocenters. The fourth-order valence-corrected chi connectivity index (χ4v) is 2.53. The van der Waals surface area contributed by atoms with Crippen LogP contribution in [0.5, 0.6) is 5.75 Å². The normalized spacial score (nSPS) is 10.8. The van der Waals surface area contributed by atoms with Crippen molar-refractivity contribution in [1.82, 2.24) is 15.0 Å². The summed E-state index contributed by atoms with van der Waals surface area (Å²) in [7, 11) is 0. The van der Waals surface area contributed by atoms with Gasteiger partial charge in [0.1, 0.15) is 11.3 Å². The average molecular weight is 299 g/mol. The standard InChI is InChI=1S/C19H13N3O/c23-18-6-3-4-13-10-15(12-22-19(13)18)14-7-8-17(21-11-14)16-5-1-2-9-20-16/h1-12,23H. The van der Waals surface area contributed by atoms with Crippen LogP contribution in [0.15, 0.2) is 73.2 Å². The van der Waals surface area contributed by atoms with E-state index in [0.717, 1.165) is 27.9 Å². The number of nitrogens with zero attached hydrogens (tertiary/aromatic N) is 3. The Hall–Kier alpha value is -3.27. The molecule has 0 saturated heterocycles. The molecule has 0 amide bonds. The van der Waals surface area contributed by atoms with E-state index in [9.17, 15) is 5.11 Å². The van der Waals surface area contributed by atoms with Crippen LogP contribution in [-0.2, 0) is 0 Å². The number of hydrogen-bond acceptors (Lipinski definition) is 4. The molecule has 4 aromatic rings. The molecule has 23 heavy (non-hydrogen) atoms. The molecule has 4 heteroatoms. The molecule has 4 nitrogen and oxygen atoms in total. The van der Waals surface area contributed by atoms with Gasteiger partial charge < -0.3 is 5.11 Å². The Labute approximate surface area is 133 Å². The Morgan fingerprint density at radius 2 is 1.57 bits per heavy atom. The van der Waals surface area contributed by atoms with Crippen LogP contribution in [0, 0.1) is 0 Å². The first-order valence-corrected chi connectivity index (χ1v) is 7.27. The van der Waals surface area contributed by atoms with E-state index in [1.807, 2.05) is 54.7 Å². The van der Waals surface area contributed by atoms with Crippen molar-refractivity contribution in [1.29, 1.82) is 0 Å². The van der Waals surface area contributed by atoms with E-state index >= 15 is 0 Å². The van der Waals surface area contributed by atoms with E-state index in [2.05, 4.69) is 15.0 Å². The summed E-state index contributed by atoms with van der Waals surface area (Å²) >= 11 is 0. The van der Waals surface area contributed by atoms with Gasteiger partial charge in [-0.1, -0.05) is 24.3 Å². The molecule has 4 rings (SSSR count). The molecule has 0 aliphatic heterocycles. The summed E-state index contributed by atoms with van der Waals surface area (Å²) in [4.78, 5) is 13.1. The van der Waals surface area contributed by atoms with Gasteiger partial charge in [-0.05, 0) is 30.3 Å². The second kappa shape index (κ2) is 5.50. The number of para-hydroxylation sites is 1. The number of fused-ring (bicyclic) bond motifs is 1. The molecular formula is C19H13N3O. The smallest absolute Gasteiger partial charge is 0.141 e. The van der Waals surface area contributed by atoms with Crippen molar-refractivity contribution in [2.75, 3.05) is 0 Å². The summed E-state index contributed by atoms with van der Waals surface area (Å²) in [5.41, 5.74) is 4.22. The minimum atomic E-state index is 0.192. The zero-order valence-electron chi connectivity index (χ0n) is 12.2. The number of benzene rings is 1. The first-order valence-electron chi connectivity index (χ1n) is 7.27. The number of aromatic hydroxyl groups is 1. The van der Waals surface area contributed by atoms with E-state index in [1.54, 1.807) is 18.5 Å². The van der Waals surface area contributed by atoms with Crippen LogP contribution in [0.4, 0.5) is 0 Å². The second-order valence-electron chi connectivity index (χ2n) is 5.22. The van der Waals surface area contributed by atoms with Crippen molar-refractivity contribution in [2.45, 2.75) is 0 Å². The topological polar surface area (TPSA) is 58.9 Å². The lowest BCUT2D eigenvalue weighted by Crippen LogP contribution is -1.88. The molecule has 1 aromatic carbocycles. The fraction of sp³-hybridized carbons (Fsp3) is 0. The molecule has 0 fully saturated rings. The maximum atomic E-state index is 9.81. The van der Waals surface area contributed by atoms with Crippen LogP contribution in [0.25, 0.3) is 33.4 Å². The molecule has 0 radical (unpaired) electrons. The van der Waals surface area contributed by atoms with Crippen molar-refractivity contribution in [3.63, 3.8) is 0 Å². The summed E-state index contributed by atoms with van der Waals surface area (Å²) < 4.78 is 0. The number of rotatable bonds is 2. The van der Waals surface area contributed by atoms with Gasteiger partial charge in [0.2, 0.25) is 0 Å². The summed E-state index contributed by atoms with van der Waals surface area (Å²) in [5.74, 6) is 0.192. The summed E-state index contributed by atoms with van der Waals surface area (Å²) in [6.07, 6.45) is 5.32. The van der Waals surface area contributed by atoms with Crippen LogP contribution in [0.3, 0.4) is 0 Å². The Bertz CT molecular complexity index is 967. The maximum absolute atomic E-state index is 9.81.